The number of benzene rings is 2. The van der Waals surface area contributed by atoms with Crippen LogP contribution in [-0.2, 0) is 14.3 Å². The van der Waals surface area contributed by atoms with E-state index in [4.69, 9.17) is 0 Å². The summed E-state index contributed by atoms with van der Waals surface area (Å²) in [6, 6.07) is 20.8. The molecule has 132 valence electrons. The summed E-state index contributed by atoms with van der Waals surface area (Å²) in [5.74, 6) is -0.213. The third-order valence-electron chi connectivity index (χ3n) is 3.55. The molecule has 2 rings (SSSR count). The highest BCUT2D eigenvalue weighted by Gasteiger charge is 2.03. The van der Waals surface area contributed by atoms with E-state index < -0.39 is 0 Å². The number of ketones is 1. The molecule has 3 nitrogen and oxygen atoms in total. The minimum Gasteiger partial charge on any atom is -0.466 e. The number of Topliss-reactive ketones (excluding diaryl/α,β-unsaturated/α-hetero) is 1. The van der Waals surface area contributed by atoms with Gasteiger partial charge in [-0.3, -0.25) is 4.79 Å². The number of hydrogen-bond acceptors (Lipinski definition) is 3. The lowest BCUT2D eigenvalue weighted by Gasteiger charge is -1.98. The van der Waals surface area contributed by atoms with Crippen LogP contribution in [0.2, 0.25) is 0 Å². The summed E-state index contributed by atoms with van der Waals surface area (Å²) in [4.78, 5) is 21.9. The molecule has 0 atom stereocenters. The maximum Gasteiger partial charge on any atom is 0.333 e. The third-order valence-corrected chi connectivity index (χ3v) is 3.55. The highest BCUT2D eigenvalue weighted by Crippen LogP contribution is 2.17. The van der Waals surface area contributed by atoms with Crippen molar-refractivity contribution in [1.29, 1.82) is 0 Å². The number of allylic oxidation sites excluding steroid dienone is 1. The van der Waals surface area contributed by atoms with Crippen LogP contribution >= 0.6 is 0 Å². The Labute approximate surface area is 150 Å². The van der Waals surface area contributed by atoms with Gasteiger partial charge in [0, 0.05) is 18.4 Å². The fourth-order valence-corrected chi connectivity index (χ4v) is 2.15. The summed E-state index contributed by atoms with van der Waals surface area (Å²) >= 11 is 0. The molecule has 0 spiro atoms. The molecule has 0 aromatic heterocycles. The van der Waals surface area contributed by atoms with E-state index >= 15 is 0 Å². The zero-order valence-electron chi connectivity index (χ0n) is 15.2. The van der Waals surface area contributed by atoms with E-state index in [9.17, 15) is 9.59 Å². The summed E-state index contributed by atoms with van der Waals surface area (Å²) in [6.07, 6.45) is 3.37. The molecule has 2 aromatic rings. The van der Waals surface area contributed by atoms with Crippen molar-refractivity contribution >= 4 is 11.8 Å². The lowest BCUT2D eigenvalue weighted by Crippen LogP contribution is -2.03. The van der Waals surface area contributed by atoms with Crippen LogP contribution < -0.4 is 0 Å². The minimum absolute atomic E-state index is 0.158. The Morgan fingerprint density at radius 2 is 1.40 bits per heavy atom. The second-order valence-electron chi connectivity index (χ2n) is 5.60. The van der Waals surface area contributed by atoms with Gasteiger partial charge in [-0.1, -0.05) is 73.7 Å². The van der Waals surface area contributed by atoms with E-state index in [1.807, 2.05) is 19.1 Å². The molecule has 0 aliphatic carbocycles. The van der Waals surface area contributed by atoms with Gasteiger partial charge in [-0.25, -0.2) is 4.79 Å². The van der Waals surface area contributed by atoms with Gasteiger partial charge in [0.2, 0.25) is 0 Å². The average Bonchev–Trinajstić information content (AvgIpc) is 2.67. The zero-order chi connectivity index (χ0) is 18.5. The predicted octanol–water partition coefficient (Wildman–Crippen LogP) is 5.22. The van der Waals surface area contributed by atoms with Crippen molar-refractivity contribution in [1.82, 2.24) is 0 Å². The fraction of sp³-hybridized carbons (Fsp3) is 0.273. The molecule has 25 heavy (non-hydrogen) atoms. The monoisotopic (exact) mass is 338 g/mol. The van der Waals surface area contributed by atoms with Gasteiger partial charge in [-0.2, -0.15) is 0 Å². The molecular formula is C22H26O3. The molecule has 0 radical (unpaired) electrons. The molecule has 0 N–H and O–H groups in total. The topological polar surface area (TPSA) is 43.4 Å². The normalized spacial score (nSPS) is 10.4. The van der Waals surface area contributed by atoms with Crippen LogP contribution in [0.1, 0.15) is 33.1 Å². The molecule has 0 saturated heterocycles. The van der Waals surface area contributed by atoms with Gasteiger partial charge in [0.1, 0.15) is 5.78 Å². The second-order valence-corrected chi connectivity index (χ2v) is 5.60. The molecule has 0 aliphatic heterocycles. The van der Waals surface area contributed by atoms with E-state index in [-0.39, 0.29) is 11.8 Å². The van der Waals surface area contributed by atoms with Crippen LogP contribution in [0.5, 0.6) is 0 Å². The Morgan fingerprint density at radius 1 is 0.920 bits per heavy atom. The molecule has 0 heterocycles. The number of esters is 1. The summed E-state index contributed by atoms with van der Waals surface area (Å²) in [6.45, 7) is 3.60. The molecule has 3 heteroatoms. The van der Waals surface area contributed by atoms with Crippen LogP contribution in [0.25, 0.3) is 11.1 Å². The Hall–Kier alpha value is -2.68. The van der Waals surface area contributed by atoms with Gasteiger partial charge in [-0.15, -0.1) is 0 Å². The second kappa shape index (κ2) is 11.8. The van der Waals surface area contributed by atoms with Crippen molar-refractivity contribution in [3.8, 4) is 11.1 Å². The van der Waals surface area contributed by atoms with Gasteiger partial charge in [0.15, 0.2) is 0 Å². The van der Waals surface area contributed by atoms with Crippen LogP contribution in [0.4, 0.5) is 0 Å². The Bertz CT molecular complexity index is 635. The zero-order valence-corrected chi connectivity index (χ0v) is 15.2. The highest BCUT2D eigenvalue weighted by molar-refractivity contribution is 5.89. The van der Waals surface area contributed by atoms with E-state index in [0.717, 1.165) is 6.42 Å². The van der Waals surface area contributed by atoms with Crippen molar-refractivity contribution < 1.29 is 14.3 Å². The SMILES string of the molecule is CCCC(=O)CC=C(C)C(=O)OC.c1ccc(-c2ccccc2)cc1. The number of carbonyl (C=O) groups is 2. The Balaban J connectivity index is 0.000000250. The van der Waals surface area contributed by atoms with Crippen LogP contribution in [0.3, 0.4) is 0 Å². The first kappa shape index (κ1) is 20.4. The van der Waals surface area contributed by atoms with Crippen LogP contribution in [0, 0.1) is 0 Å². The largest absolute Gasteiger partial charge is 0.466 e. The minimum atomic E-state index is -0.371. The van der Waals surface area contributed by atoms with Crippen molar-refractivity contribution in [2.75, 3.05) is 7.11 Å². The highest BCUT2D eigenvalue weighted by atomic mass is 16.5. The fourth-order valence-electron chi connectivity index (χ4n) is 2.15. The van der Waals surface area contributed by atoms with E-state index in [2.05, 4.69) is 53.3 Å². The Kier molecular flexibility index (Phi) is 9.61. The molecule has 0 aliphatic rings. The summed E-state index contributed by atoms with van der Waals surface area (Å²) < 4.78 is 4.49. The van der Waals surface area contributed by atoms with Gasteiger partial charge in [0.25, 0.3) is 0 Å². The molecule has 0 saturated carbocycles. The predicted molar refractivity (Wildman–Crippen MR) is 102 cm³/mol. The number of carbonyl (C=O) groups excluding carboxylic acids is 2. The number of ether oxygens (including phenoxy) is 1. The molecule has 0 fully saturated rings. The van der Waals surface area contributed by atoms with Crippen LogP contribution in [0.15, 0.2) is 72.3 Å². The lowest BCUT2D eigenvalue weighted by atomic mass is 10.1. The number of methoxy groups -OCH3 is 1. The van der Waals surface area contributed by atoms with Gasteiger partial charge >= 0.3 is 5.97 Å². The van der Waals surface area contributed by atoms with Crippen molar-refractivity contribution in [2.45, 2.75) is 33.1 Å². The van der Waals surface area contributed by atoms with E-state index in [1.54, 1.807) is 13.0 Å². The van der Waals surface area contributed by atoms with E-state index in [1.165, 1.54) is 18.2 Å². The first-order valence-electron chi connectivity index (χ1n) is 8.45. The van der Waals surface area contributed by atoms with Gasteiger partial charge < -0.3 is 4.74 Å². The molecule has 2 aromatic carbocycles. The molecule has 0 amide bonds. The number of rotatable bonds is 6. The summed E-state index contributed by atoms with van der Waals surface area (Å²) in [7, 11) is 1.33. The molecule has 0 bridgehead atoms. The smallest absolute Gasteiger partial charge is 0.333 e. The van der Waals surface area contributed by atoms with Crippen molar-refractivity contribution in [3.05, 3.63) is 72.3 Å². The van der Waals surface area contributed by atoms with Crippen molar-refractivity contribution in [2.24, 2.45) is 0 Å². The van der Waals surface area contributed by atoms with Gasteiger partial charge in [-0.05, 0) is 24.5 Å². The standard InChI is InChI=1S/C12H10.C10H16O3/c1-3-7-11(8-4-1)12-9-5-2-6-10-12;1-4-5-9(11)7-6-8(2)10(12)13-3/h1-10H;6H,4-5,7H2,1-3H3. The third kappa shape index (κ3) is 8.11. The first-order chi connectivity index (χ1) is 12.1. The number of hydrogen-bond donors (Lipinski definition) is 0. The molecular weight excluding hydrogens is 312 g/mol. The van der Waals surface area contributed by atoms with E-state index in [0.29, 0.717) is 18.4 Å². The first-order valence-corrected chi connectivity index (χ1v) is 8.45. The van der Waals surface area contributed by atoms with Crippen LogP contribution in [-0.4, -0.2) is 18.9 Å². The maximum atomic E-state index is 11.1. The lowest BCUT2D eigenvalue weighted by molar-refractivity contribution is -0.136. The maximum absolute atomic E-state index is 11.1. The van der Waals surface area contributed by atoms with Gasteiger partial charge in [0.05, 0.1) is 7.11 Å². The molecule has 0 unspecified atom stereocenters. The van der Waals surface area contributed by atoms with Crippen molar-refractivity contribution in [3.63, 3.8) is 0 Å². The quantitative estimate of drug-likeness (QED) is 0.536. The summed E-state index contributed by atoms with van der Waals surface area (Å²) in [5, 5.41) is 0. The summed E-state index contributed by atoms with van der Waals surface area (Å²) in [5.41, 5.74) is 3.04. The average molecular weight is 338 g/mol. The Morgan fingerprint density at radius 3 is 1.80 bits per heavy atom.